The van der Waals surface area contributed by atoms with Gasteiger partial charge in [0.1, 0.15) is 17.5 Å². The molecule has 2 N–H and O–H groups in total. The smallest absolute Gasteiger partial charge is 0.319 e. The molecule has 7 nitrogen and oxygen atoms in total. The van der Waals surface area contributed by atoms with E-state index in [0.29, 0.717) is 30.2 Å². The lowest BCUT2D eigenvalue weighted by Crippen LogP contribution is -2.43. The van der Waals surface area contributed by atoms with E-state index in [1.54, 1.807) is 30.2 Å². The van der Waals surface area contributed by atoms with Crippen LogP contribution in [0, 0.1) is 0 Å². The zero-order valence-corrected chi connectivity index (χ0v) is 14.7. The van der Waals surface area contributed by atoms with E-state index >= 15 is 0 Å². The Labute approximate surface area is 151 Å². The van der Waals surface area contributed by atoms with Gasteiger partial charge in [0, 0.05) is 18.3 Å². The van der Waals surface area contributed by atoms with Crippen LogP contribution in [0.25, 0.3) is 0 Å². The fraction of sp³-hybridized carbons (Fsp3) is 0.263. The largest absolute Gasteiger partial charge is 0.497 e. The summed E-state index contributed by atoms with van der Waals surface area (Å²) < 4.78 is 10.4. The predicted molar refractivity (Wildman–Crippen MR) is 98.9 cm³/mol. The molecule has 1 saturated heterocycles. The molecule has 0 radical (unpaired) electrons. The highest BCUT2D eigenvalue weighted by Gasteiger charge is 2.33. The molecule has 136 valence electrons. The van der Waals surface area contributed by atoms with Crippen molar-refractivity contribution in [3.05, 3.63) is 48.5 Å². The highest BCUT2D eigenvalue weighted by Crippen LogP contribution is 2.29. The minimum atomic E-state index is -0.563. The van der Waals surface area contributed by atoms with Crippen molar-refractivity contribution in [3.8, 4) is 11.5 Å². The van der Waals surface area contributed by atoms with Gasteiger partial charge in [-0.25, -0.2) is 4.79 Å². The van der Waals surface area contributed by atoms with Crippen LogP contribution < -0.4 is 25.0 Å². The van der Waals surface area contributed by atoms with Gasteiger partial charge < -0.3 is 25.0 Å². The first-order valence-electron chi connectivity index (χ1n) is 8.28. The minimum absolute atomic E-state index is 0.121. The van der Waals surface area contributed by atoms with Crippen molar-refractivity contribution in [2.75, 3.05) is 31.0 Å². The number of para-hydroxylation sites is 1. The maximum atomic E-state index is 12.6. The molecule has 1 aliphatic heterocycles. The van der Waals surface area contributed by atoms with Crippen LogP contribution in [0.4, 0.5) is 16.2 Å². The Morgan fingerprint density at radius 2 is 1.88 bits per heavy atom. The van der Waals surface area contributed by atoms with E-state index in [9.17, 15) is 9.59 Å². The van der Waals surface area contributed by atoms with Gasteiger partial charge in [-0.2, -0.15) is 0 Å². The first kappa shape index (κ1) is 17.6. The molecule has 1 fully saturated rings. The van der Waals surface area contributed by atoms with Crippen LogP contribution in [0.2, 0.25) is 0 Å². The predicted octanol–water partition coefficient (Wildman–Crippen LogP) is 2.63. The second-order valence-electron chi connectivity index (χ2n) is 5.83. The van der Waals surface area contributed by atoms with Gasteiger partial charge in [-0.3, -0.25) is 4.79 Å². The number of benzene rings is 2. The molecule has 0 aliphatic carbocycles. The molecule has 26 heavy (non-hydrogen) atoms. The number of nitrogens with zero attached hydrogens (tertiary/aromatic N) is 1. The number of ether oxygens (including phenoxy) is 2. The number of amides is 3. The Bertz CT molecular complexity index is 795. The number of methoxy groups -OCH3 is 2. The first-order valence-corrected chi connectivity index (χ1v) is 8.28. The third-order valence-electron chi connectivity index (χ3n) is 4.23. The summed E-state index contributed by atoms with van der Waals surface area (Å²) in [4.78, 5) is 26.6. The average molecular weight is 355 g/mol. The van der Waals surface area contributed by atoms with Gasteiger partial charge in [-0.05, 0) is 30.7 Å². The maximum Gasteiger partial charge on any atom is 0.319 e. The molecule has 0 aromatic heterocycles. The summed E-state index contributed by atoms with van der Waals surface area (Å²) in [6.07, 6.45) is 0.552. The molecule has 1 heterocycles. The topological polar surface area (TPSA) is 79.9 Å². The summed E-state index contributed by atoms with van der Waals surface area (Å²) >= 11 is 0. The third kappa shape index (κ3) is 3.72. The van der Waals surface area contributed by atoms with Crippen LogP contribution in [0.5, 0.6) is 11.5 Å². The lowest BCUT2D eigenvalue weighted by molar-refractivity contribution is -0.118. The number of urea groups is 1. The van der Waals surface area contributed by atoms with Gasteiger partial charge in [0.2, 0.25) is 5.91 Å². The normalized spacial score (nSPS) is 16.3. The Balaban J connectivity index is 1.65. The number of hydrogen-bond donors (Lipinski definition) is 2. The van der Waals surface area contributed by atoms with Crippen LogP contribution in [-0.2, 0) is 4.79 Å². The molecule has 3 amide bonds. The summed E-state index contributed by atoms with van der Waals surface area (Å²) in [6, 6.07) is 13.5. The number of rotatable bonds is 5. The Hall–Kier alpha value is -3.22. The van der Waals surface area contributed by atoms with Gasteiger partial charge in [-0.1, -0.05) is 18.2 Å². The number of carbonyl (C=O) groups excluding carboxylic acids is 2. The van der Waals surface area contributed by atoms with Crippen molar-refractivity contribution in [2.24, 2.45) is 0 Å². The average Bonchev–Trinajstić information content (AvgIpc) is 3.02. The summed E-state index contributed by atoms with van der Waals surface area (Å²) in [7, 11) is 3.06. The van der Waals surface area contributed by atoms with Crippen LogP contribution in [0.1, 0.15) is 6.42 Å². The van der Waals surface area contributed by atoms with Crippen LogP contribution in [0.3, 0.4) is 0 Å². The van der Waals surface area contributed by atoms with E-state index < -0.39 is 12.1 Å². The minimum Gasteiger partial charge on any atom is -0.497 e. The first-order chi connectivity index (χ1) is 12.6. The lowest BCUT2D eigenvalue weighted by Gasteiger charge is -2.18. The summed E-state index contributed by atoms with van der Waals surface area (Å²) in [6.45, 7) is 0.566. The van der Waals surface area contributed by atoms with Gasteiger partial charge in [-0.15, -0.1) is 0 Å². The number of hydrogen-bond acceptors (Lipinski definition) is 4. The van der Waals surface area contributed by atoms with Gasteiger partial charge in [0.25, 0.3) is 0 Å². The molecule has 2 aromatic carbocycles. The summed E-state index contributed by atoms with van der Waals surface area (Å²) in [5, 5.41) is 5.44. The molecular weight excluding hydrogens is 334 g/mol. The number of anilines is 2. The standard InChI is InChI=1S/C19H21N3O4/c1-25-14-8-9-17(26-2)16(12-14)21-19(24)20-15-10-11-22(18(15)23)13-6-4-3-5-7-13/h3-9,12,15H,10-11H2,1-2H3,(H2,20,21,24)/t15-/m1/s1. The van der Waals surface area contributed by atoms with Gasteiger partial charge >= 0.3 is 6.03 Å². The molecule has 3 rings (SSSR count). The monoisotopic (exact) mass is 355 g/mol. The lowest BCUT2D eigenvalue weighted by atomic mass is 10.2. The Kier molecular flexibility index (Phi) is 5.26. The van der Waals surface area contributed by atoms with Crippen LogP contribution in [-0.4, -0.2) is 38.7 Å². The summed E-state index contributed by atoms with van der Waals surface area (Å²) in [5.74, 6) is 0.974. The highest BCUT2D eigenvalue weighted by molar-refractivity contribution is 6.02. The van der Waals surface area contributed by atoms with Gasteiger partial charge in [0.15, 0.2) is 0 Å². The maximum absolute atomic E-state index is 12.6. The van der Waals surface area contributed by atoms with Crippen molar-refractivity contribution < 1.29 is 19.1 Å². The van der Waals surface area contributed by atoms with E-state index in [4.69, 9.17) is 9.47 Å². The van der Waals surface area contributed by atoms with Gasteiger partial charge in [0.05, 0.1) is 19.9 Å². The van der Waals surface area contributed by atoms with Crippen molar-refractivity contribution in [2.45, 2.75) is 12.5 Å². The quantitative estimate of drug-likeness (QED) is 0.864. The zero-order chi connectivity index (χ0) is 18.5. The molecule has 2 aromatic rings. The molecule has 0 bridgehead atoms. The van der Waals surface area contributed by atoms with Crippen molar-refractivity contribution in [1.29, 1.82) is 0 Å². The fourth-order valence-corrected chi connectivity index (χ4v) is 2.91. The van der Waals surface area contributed by atoms with Crippen molar-refractivity contribution in [3.63, 3.8) is 0 Å². The second-order valence-corrected chi connectivity index (χ2v) is 5.83. The fourth-order valence-electron chi connectivity index (χ4n) is 2.91. The summed E-state index contributed by atoms with van der Waals surface area (Å²) in [5.41, 5.74) is 1.30. The number of carbonyl (C=O) groups is 2. The van der Waals surface area contributed by atoms with Crippen molar-refractivity contribution in [1.82, 2.24) is 5.32 Å². The second kappa shape index (κ2) is 7.77. The SMILES string of the molecule is COc1ccc(OC)c(NC(=O)N[C@@H]2CCN(c3ccccc3)C2=O)c1. The molecule has 0 saturated carbocycles. The molecule has 7 heteroatoms. The number of nitrogens with one attached hydrogen (secondary N) is 2. The zero-order valence-electron chi connectivity index (χ0n) is 14.7. The van der Waals surface area contributed by atoms with Crippen LogP contribution >= 0.6 is 0 Å². The van der Waals surface area contributed by atoms with E-state index in [1.165, 1.54) is 7.11 Å². The molecule has 1 atom stereocenters. The molecule has 0 unspecified atom stereocenters. The Morgan fingerprint density at radius 3 is 2.58 bits per heavy atom. The molecule has 1 aliphatic rings. The molecule has 0 spiro atoms. The Morgan fingerprint density at radius 1 is 1.12 bits per heavy atom. The molecular formula is C19H21N3O4. The van der Waals surface area contributed by atoms with Crippen LogP contribution in [0.15, 0.2) is 48.5 Å². The van der Waals surface area contributed by atoms with E-state index in [2.05, 4.69) is 10.6 Å². The third-order valence-corrected chi connectivity index (χ3v) is 4.23. The van der Waals surface area contributed by atoms with E-state index in [-0.39, 0.29) is 5.91 Å². The van der Waals surface area contributed by atoms with Crippen molar-refractivity contribution >= 4 is 23.3 Å². The van der Waals surface area contributed by atoms with E-state index in [0.717, 1.165) is 5.69 Å². The highest BCUT2D eigenvalue weighted by atomic mass is 16.5. The van der Waals surface area contributed by atoms with E-state index in [1.807, 2.05) is 30.3 Å².